The van der Waals surface area contributed by atoms with Crippen molar-refractivity contribution in [1.82, 2.24) is 10.4 Å². The predicted octanol–water partition coefficient (Wildman–Crippen LogP) is 3.09. The molecule has 6 nitrogen and oxygen atoms in total. The number of phenols is 1. The van der Waals surface area contributed by atoms with Crippen molar-refractivity contribution < 1.29 is 19.1 Å². The van der Waals surface area contributed by atoms with Gasteiger partial charge in [0.2, 0.25) is 0 Å². The topological polar surface area (TPSA) is 82.8 Å². The summed E-state index contributed by atoms with van der Waals surface area (Å²) in [6.45, 7) is 0. The standard InChI is InChI=1S/C17H12N2O4S2/c20-12-5-1-4-11(10-12)15(21)18-19-16(22)14(25-17(19)24)8-2-6-13-7-3-9-23-13/h1-10,20H,(H,18,21)/b6-2+,14-8-. The third kappa shape index (κ3) is 3.98. The van der Waals surface area contributed by atoms with Gasteiger partial charge in [0.1, 0.15) is 11.5 Å². The second kappa shape index (κ2) is 7.37. The average Bonchev–Trinajstić information content (AvgIpc) is 3.19. The highest BCUT2D eigenvalue weighted by Gasteiger charge is 2.33. The van der Waals surface area contributed by atoms with Gasteiger partial charge in [-0.05, 0) is 54.7 Å². The number of allylic oxidation sites excluding steroid dienone is 2. The van der Waals surface area contributed by atoms with E-state index in [1.807, 2.05) is 0 Å². The van der Waals surface area contributed by atoms with Crippen LogP contribution in [0.4, 0.5) is 0 Å². The molecule has 8 heteroatoms. The lowest BCUT2D eigenvalue weighted by atomic mass is 10.2. The quantitative estimate of drug-likeness (QED) is 0.634. The first-order valence-corrected chi connectivity index (χ1v) is 8.35. The normalized spacial score (nSPS) is 16.2. The molecule has 1 saturated heterocycles. The molecule has 0 radical (unpaired) electrons. The molecule has 0 spiro atoms. The van der Waals surface area contributed by atoms with E-state index in [9.17, 15) is 14.7 Å². The minimum absolute atomic E-state index is 0.0407. The fraction of sp³-hybridized carbons (Fsp3) is 0. The molecular formula is C17H12N2O4S2. The SMILES string of the molecule is O=C(NN1C(=O)/C(=C/C=C/c2ccco2)SC1=S)c1cccc(O)c1. The van der Waals surface area contributed by atoms with Crippen molar-refractivity contribution in [3.05, 3.63) is 71.0 Å². The molecule has 3 rings (SSSR count). The second-order valence-electron chi connectivity index (χ2n) is 4.91. The molecule has 0 atom stereocenters. The molecule has 0 aliphatic carbocycles. The van der Waals surface area contributed by atoms with Crippen LogP contribution < -0.4 is 5.43 Å². The Bertz CT molecular complexity index is 888. The summed E-state index contributed by atoms with van der Waals surface area (Å²) in [6.07, 6.45) is 6.53. The molecule has 0 unspecified atom stereocenters. The van der Waals surface area contributed by atoms with Crippen LogP contribution in [-0.4, -0.2) is 26.3 Å². The molecule has 1 aromatic heterocycles. The van der Waals surface area contributed by atoms with Gasteiger partial charge in [0.15, 0.2) is 4.32 Å². The Labute approximate surface area is 152 Å². The summed E-state index contributed by atoms with van der Waals surface area (Å²) in [6, 6.07) is 9.35. The number of furan rings is 1. The highest BCUT2D eigenvalue weighted by atomic mass is 32.2. The summed E-state index contributed by atoms with van der Waals surface area (Å²) < 4.78 is 5.38. The Morgan fingerprint density at radius 3 is 2.88 bits per heavy atom. The maximum atomic E-state index is 12.4. The summed E-state index contributed by atoms with van der Waals surface area (Å²) in [5, 5.41) is 10.4. The number of hydrazine groups is 1. The summed E-state index contributed by atoms with van der Waals surface area (Å²) in [5.74, 6) is -0.350. The van der Waals surface area contributed by atoms with E-state index < -0.39 is 11.8 Å². The van der Waals surface area contributed by atoms with E-state index in [-0.39, 0.29) is 15.6 Å². The molecular weight excluding hydrogens is 360 g/mol. The van der Waals surface area contributed by atoms with Gasteiger partial charge in [-0.2, -0.15) is 5.01 Å². The number of amides is 2. The average molecular weight is 372 g/mol. The fourth-order valence-corrected chi connectivity index (χ4v) is 3.14. The zero-order valence-corrected chi connectivity index (χ0v) is 14.3. The number of nitrogens with zero attached hydrogens (tertiary/aromatic N) is 1. The first kappa shape index (κ1) is 17.0. The van der Waals surface area contributed by atoms with Crippen LogP contribution >= 0.6 is 24.0 Å². The number of hydrogen-bond acceptors (Lipinski definition) is 6. The Morgan fingerprint density at radius 2 is 2.16 bits per heavy atom. The highest BCUT2D eigenvalue weighted by molar-refractivity contribution is 8.26. The number of phenolic OH excluding ortho intramolecular Hbond substituents is 1. The summed E-state index contributed by atoms with van der Waals surface area (Å²) in [7, 11) is 0. The van der Waals surface area contributed by atoms with Crippen LogP contribution in [0.3, 0.4) is 0 Å². The van der Waals surface area contributed by atoms with Crippen LogP contribution in [0.1, 0.15) is 16.1 Å². The van der Waals surface area contributed by atoms with Gasteiger partial charge >= 0.3 is 0 Å². The molecule has 2 amide bonds. The number of carbonyl (C=O) groups excluding carboxylic acids is 2. The summed E-state index contributed by atoms with van der Waals surface area (Å²) in [4.78, 5) is 24.9. The monoisotopic (exact) mass is 372 g/mol. The number of thiocarbonyl (C=S) groups is 1. The number of thioether (sulfide) groups is 1. The fourth-order valence-electron chi connectivity index (χ4n) is 2.01. The van der Waals surface area contributed by atoms with Crippen molar-refractivity contribution in [3.63, 3.8) is 0 Å². The van der Waals surface area contributed by atoms with E-state index in [4.69, 9.17) is 16.6 Å². The van der Waals surface area contributed by atoms with Gasteiger partial charge < -0.3 is 9.52 Å². The molecule has 25 heavy (non-hydrogen) atoms. The van der Waals surface area contributed by atoms with Gasteiger partial charge in [0.25, 0.3) is 11.8 Å². The third-order valence-corrected chi connectivity index (χ3v) is 4.49. The number of aromatic hydroxyl groups is 1. The third-order valence-electron chi connectivity index (χ3n) is 3.17. The largest absolute Gasteiger partial charge is 0.508 e. The lowest BCUT2D eigenvalue weighted by Crippen LogP contribution is -2.44. The number of hydrogen-bond donors (Lipinski definition) is 2. The van der Waals surface area contributed by atoms with Gasteiger partial charge in [-0.15, -0.1) is 0 Å². The molecule has 0 saturated carbocycles. The first-order chi connectivity index (χ1) is 12.0. The molecule has 1 fully saturated rings. The Hall–Kier alpha value is -2.84. The Kier molecular flexibility index (Phi) is 5.01. The molecule has 2 aromatic rings. The number of rotatable bonds is 4. The van der Waals surface area contributed by atoms with E-state index in [1.54, 1.807) is 36.6 Å². The van der Waals surface area contributed by atoms with Crippen LogP contribution in [0.5, 0.6) is 5.75 Å². The van der Waals surface area contributed by atoms with Crippen molar-refractivity contribution in [3.8, 4) is 5.75 Å². The number of carbonyl (C=O) groups is 2. The molecule has 1 aliphatic heterocycles. The lowest BCUT2D eigenvalue weighted by Gasteiger charge is -2.15. The van der Waals surface area contributed by atoms with Gasteiger partial charge in [0.05, 0.1) is 11.2 Å². The zero-order valence-electron chi connectivity index (χ0n) is 12.7. The molecule has 2 N–H and O–H groups in total. The molecule has 126 valence electrons. The van der Waals surface area contributed by atoms with Crippen molar-refractivity contribution in [1.29, 1.82) is 0 Å². The summed E-state index contributed by atoms with van der Waals surface area (Å²) in [5.41, 5.74) is 2.66. The van der Waals surface area contributed by atoms with Crippen molar-refractivity contribution in [2.24, 2.45) is 0 Å². The predicted molar refractivity (Wildman–Crippen MR) is 98.4 cm³/mol. The van der Waals surface area contributed by atoms with Crippen molar-refractivity contribution in [2.75, 3.05) is 0 Å². The van der Waals surface area contributed by atoms with Gasteiger partial charge in [-0.3, -0.25) is 15.0 Å². The van der Waals surface area contributed by atoms with Crippen molar-refractivity contribution >= 4 is 46.2 Å². The number of nitrogens with one attached hydrogen (secondary N) is 1. The van der Waals surface area contributed by atoms with Crippen LogP contribution in [0.2, 0.25) is 0 Å². The van der Waals surface area contributed by atoms with Crippen molar-refractivity contribution in [2.45, 2.75) is 0 Å². The Morgan fingerprint density at radius 1 is 1.32 bits per heavy atom. The maximum Gasteiger partial charge on any atom is 0.285 e. The van der Waals surface area contributed by atoms with Gasteiger partial charge in [-0.25, -0.2) is 0 Å². The van der Waals surface area contributed by atoms with Gasteiger partial charge in [-0.1, -0.05) is 23.9 Å². The van der Waals surface area contributed by atoms with Gasteiger partial charge in [0, 0.05) is 5.56 Å². The van der Waals surface area contributed by atoms with E-state index in [0.29, 0.717) is 10.7 Å². The summed E-state index contributed by atoms with van der Waals surface area (Å²) >= 11 is 6.22. The van der Waals surface area contributed by atoms with E-state index in [1.165, 1.54) is 24.3 Å². The lowest BCUT2D eigenvalue weighted by molar-refractivity contribution is -0.123. The van der Waals surface area contributed by atoms with Crippen LogP contribution in [0.15, 0.2) is 64.1 Å². The van der Waals surface area contributed by atoms with Crippen LogP contribution in [-0.2, 0) is 4.79 Å². The maximum absolute atomic E-state index is 12.4. The Balaban J connectivity index is 1.70. The highest BCUT2D eigenvalue weighted by Crippen LogP contribution is 2.29. The van der Waals surface area contributed by atoms with Crippen LogP contribution in [0.25, 0.3) is 6.08 Å². The van der Waals surface area contributed by atoms with E-state index in [0.717, 1.165) is 16.8 Å². The molecule has 1 aromatic carbocycles. The van der Waals surface area contributed by atoms with E-state index in [2.05, 4.69) is 5.43 Å². The molecule has 2 heterocycles. The smallest absolute Gasteiger partial charge is 0.285 e. The second-order valence-corrected chi connectivity index (χ2v) is 6.58. The molecule has 0 bridgehead atoms. The first-order valence-electron chi connectivity index (χ1n) is 7.13. The number of benzene rings is 1. The van der Waals surface area contributed by atoms with E-state index >= 15 is 0 Å². The molecule has 1 aliphatic rings. The minimum Gasteiger partial charge on any atom is -0.508 e. The van der Waals surface area contributed by atoms with Crippen LogP contribution in [0, 0.1) is 0 Å². The minimum atomic E-state index is -0.542. The zero-order chi connectivity index (χ0) is 17.8.